The first kappa shape index (κ1) is 10.9. The molecule has 1 aliphatic rings. The molecule has 3 rings (SSSR count). The lowest BCUT2D eigenvalue weighted by atomic mass is 10.1. The predicted molar refractivity (Wildman–Crippen MR) is 69.1 cm³/mol. The third kappa shape index (κ3) is 1.70. The summed E-state index contributed by atoms with van der Waals surface area (Å²) in [5.74, 6) is 2.12. The molecular formula is C12H16N4S. The average molecular weight is 248 g/mol. The van der Waals surface area contributed by atoms with Gasteiger partial charge in [-0.05, 0) is 30.4 Å². The highest BCUT2D eigenvalue weighted by Crippen LogP contribution is 2.30. The van der Waals surface area contributed by atoms with Gasteiger partial charge in [-0.3, -0.25) is 0 Å². The molecule has 2 aromatic heterocycles. The number of rotatable bonds is 2. The van der Waals surface area contributed by atoms with Crippen molar-refractivity contribution in [2.24, 2.45) is 0 Å². The van der Waals surface area contributed by atoms with Crippen molar-refractivity contribution in [3.8, 4) is 10.7 Å². The Balaban J connectivity index is 2.09. The molecule has 0 aromatic carbocycles. The fraction of sp³-hybridized carbons (Fsp3) is 0.500. The van der Waals surface area contributed by atoms with Crippen molar-refractivity contribution in [1.29, 1.82) is 0 Å². The largest absolute Gasteiger partial charge is 0.308 e. The Kier molecular flexibility index (Phi) is 2.72. The van der Waals surface area contributed by atoms with Crippen LogP contribution in [0, 0.1) is 6.92 Å². The Morgan fingerprint density at radius 2 is 2.41 bits per heavy atom. The van der Waals surface area contributed by atoms with E-state index in [0.29, 0.717) is 6.04 Å². The van der Waals surface area contributed by atoms with Gasteiger partial charge in [0.05, 0.1) is 10.9 Å². The molecule has 0 saturated carbocycles. The number of nitrogens with one attached hydrogen (secondary N) is 1. The molecule has 1 atom stereocenters. The van der Waals surface area contributed by atoms with Gasteiger partial charge in [0.15, 0.2) is 11.6 Å². The topological polar surface area (TPSA) is 42.7 Å². The summed E-state index contributed by atoms with van der Waals surface area (Å²) in [6, 6.07) is 2.49. The van der Waals surface area contributed by atoms with Gasteiger partial charge in [-0.15, -0.1) is 21.5 Å². The van der Waals surface area contributed by atoms with Crippen LogP contribution in [0.3, 0.4) is 0 Å². The summed E-state index contributed by atoms with van der Waals surface area (Å²) >= 11 is 1.75. The number of aryl methyl sites for hydroxylation is 1. The van der Waals surface area contributed by atoms with Gasteiger partial charge in [-0.1, -0.05) is 6.92 Å². The Labute approximate surface area is 105 Å². The van der Waals surface area contributed by atoms with Gasteiger partial charge in [-0.25, -0.2) is 0 Å². The minimum absolute atomic E-state index is 0.352. The predicted octanol–water partition coefficient (Wildman–Crippen LogP) is 2.37. The first-order chi connectivity index (χ1) is 8.31. The molecule has 0 radical (unpaired) electrons. The molecule has 0 saturated heterocycles. The highest BCUT2D eigenvalue weighted by Gasteiger charge is 2.24. The van der Waals surface area contributed by atoms with E-state index in [1.807, 2.05) is 0 Å². The maximum Gasteiger partial charge on any atom is 0.174 e. The van der Waals surface area contributed by atoms with Crippen LogP contribution in [-0.2, 0) is 6.54 Å². The molecule has 90 valence electrons. The monoisotopic (exact) mass is 248 g/mol. The first-order valence-electron chi connectivity index (χ1n) is 6.02. The van der Waals surface area contributed by atoms with Crippen LogP contribution in [0.4, 0.5) is 0 Å². The number of fused-ring (bicyclic) bond motifs is 1. The Hall–Kier alpha value is -1.20. The van der Waals surface area contributed by atoms with E-state index >= 15 is 0 Å². The molecule has 0 fully saturated rings. The first-order valence-corrected chi connectivity index (χ1v) is 6.90. The molecule has 0 aliphatic carbocycles. The fourth-order valence-corrected chi connectivity index (χ4v) is 3.25. The van der Waals surface area contributed by atoms with Gasteiger partial charge in [0.25, 0.3) is 0 Å². The standard InChI is InChI=1S/C12H16N4S/c1-3-9-11-14-15-12(16(11)6-5-13-9)10-8(2)4-7-17-10/h4,7,9,13H,3,5-6H2,1-2H3. The van der Waals surface area contributed by atoms with Crippen LogP contribution < -0.4 is 5.32 Å². The summed E-state index contributed by atoms with van der Waals surface area (Å²) in [5, 5.41) is 14.3. The lowest BCUT2D eigenvalue weighted by Crippen LogP contribution is -2.33. The summed E-state index contributed by atoms with van der Waals surface area (Å²) in [4.78, 5) is 1.25. The van der Waals surface area contributed by atoms with Crippen molar-refractivity contribution in [2.45, 2.75) is 32.9 Å². The molecular weight excluding hydrogens is 232 g/mol. The lowest BCUT2D eigenvalue weighted by Gasteiger charge is -2.23. The highest BCUT2D eigenvalue weighted by atomic mass is 32.1. The van der Waals surface area contributed by atoms with Crippen molar-refractivity contribution in [3.05, 3.63) is 22.8 Å². The number of hydrogen-bond donors (Lipinski definition) is 1. The van der Waals surface area contributed by atoms with Crippen molar-refractivity contribution < 1.29 is 0 Å². The summed E-state index contributed by atoms with van der Waals surface area (Å²) in [5.41, 5.74) is 1.29. The van der Waals surface area contributed by atoms with Crippen LogP contribution >= 0.6 is 11.3 Å². The third-order valence-corrected chi connectivity index (χ3v) is 4.30. The Morgan fingerprint density at radius 1 is 1.53 bits per heavy atom. The molecule has 1 aliphatic heterocycles. The van der Waals surface area contributed by atoms with Gasteiger partial charge < -0.3 is 9.88 Å². The molecule has 1 N–H and O–H groups in total. The van der Waals surface area contributed by atoms with Crippen LogP contribution in [0.25, 0.3) is 10.7 Å². The van der Waals surface area contributed by atoms with E-state index in [9.17, 15) is 0 Å². The smallest absolute Gasteiger partial charge is 0.174 e. The number of thiophene rings is 1. The average Bonchev–Trinajstić information content (AvgIpc) is 2.94. The Bertz CT molecular complexity index is 528. The van der Waals surface area contributed by atoms with Crippen LogP contribution in [0.2, 0.25) is 0 Å². The highest BCUT2D eigenvalue weighted by molar-refractivity contribution is 7.13. The van der Waals surface area contributed by atoms with Crippen molar-refractivity contribution in [2.75, 3.05) is 6.54 Å². The number of hydrogen-bond acceptors (Lipinski definition) is 4. The van der Waals surface area contributed by atoms with E-state index in [1.54, 1.807) is 11.3 Å². The van der Waals surface area contributed by atoms with Gasteiger partial charge >= 0.3 is 0 Å². The summed E-state index contributed by atoms with van der Waals surface area (Å²) in [7, 11) is 0. The second kappa shape index (κ2) is 4.23. The van der Waals surface area contributed by atoms with E-state index in [2.05, 4.69) is 45.4 Å². The minimum atomic E-state index is 0.352. The normalized spacial score (nSPS) is 19.3. The molecule has 0 amide bonds. The van der Waals surface area contributed by atoms with E-state index in [1.165, 1.54) is 10.4 Å². The van der Waals surface area contributed by atoms with E-state index in [0.717, 1.165) is 31.2 Å². The maximum absolute atomic E-state index is 4.38. The van der Waals surface area contributed by atoms with Crippen molar-refractivity contribution >= 4 is 11.3 Å². The quantitative estimate of drug-likeness (QED) is 0.887. The summed E-state index contributed by atoms with van der Waals surface area (Å²) in [6.07, 6.45) is 1.06. The zero-order valence-corrected chi connectivity index (χ0v) is 10.9. The Morgan fingerprint density at radius 3 is 3.12 bits per heavy atom. The number of nitrogens with zero attached hydrogens (tertiary/aromatic N) is 3. The van der Waals surface area contributed by atoms with Gasteiger partial charge in [0.1, 0.15) is 0 Å². The minimum Gasteiger partial charge on any atom is -0.308 e. The zero-order valence-electron chi connectivity index (χ0n) is 10.1. The number of aromatic nitrogens is 3. The molecule has 5 heteroatoms. The summed E-state index contributed by atoms with van der Waals surface area (Å²) in [6.45, 7) is 6.27. The van der Waals surface area contributed by atoms with E-state index < -0.39 is 0 Å². The summed E-state index contributed by atoms with van der Waals surface area (Å²) < 4.78 is 2.27. The molecule has 17 heavy (non-hydrogen) atoms. The maximum atomic E-state index is 4.38. The van der Waals surface area contributed by atoms with Crippen LogP contribution in [0.15, 0.2) is 11.4 Å². The van der Waals surface area contributed by atoms with Crippen molar-refractivity contribution in [1.82, 2.24) is 20.1 Å². The van der Waals surface area contributed by atoms with Gasteiger partial charge in [0.2, 0.25) is 0 Å². The molecule has 2 aromatic rings. The molecule has 1 unspecified atom stereocenters. The second-order valence-corrected chi connectivity index (χ2v) is 5.30. The molecule has 0 spiro atoms. The van der Waals surface area contributed by atoms with E-state index in [-0.39, 0.29) is 0 Å². The molecule has 4 nitrogen and oxygen atoms in total. The third-order valence-electron chi connectivity index (χ3n) is 3.29. The fourth-order valence-electron chi connectivity index (χ4n) is 2.33. The van der Waals surface area contributed by atoms with Crippen LogP contribution in [-0.4, -0.2) is 21.3 Å². The van der Waals surface area contributed by atoms with Gasteiger partial charge in [-0.2, -0.15) is 0 Å². The SMILES string of the molecule is CCC1NCCn2c(-c3sccc3C)nnc21. The van der Waals surface area contributed by atoms with Gasteiger partial charge in [0, 0.05) is 13.1 Å². The second-order valence-electron chi connectivity index (χ2n) is 4.38. The lowest BCUT2D eigenvalue weighted by molar-refractivity contribution is 0.407. The van der Waals surface area contributed by atoms with Crippen LogP contribution in [0.5, 0.6) is 0 Å². The molecule has 3 heterocycles. The van der Waals surface area contributed by atoms with Crippen molar-refractivity contribution in [3.63, 3.8) is 0 Å². The molecule has 0 bridgehead atoms. The zero-order chi connectivity index (χ0) is 11.8. The van der Waals surface area contributed by atoms with E-state index in [4.69, 9.17) is 0 Å². The van der Waals surface area contributed by atoms with Crippen LogP contribution in [0.1, 0.15) is 30.8 Å².